The molecule has 1 aromatic heterocycles. The zero-order chi connectivity index (χ0) is 13.2. The molecule has 0 unspecified atom stereocenters. The number of sulfonamides is 1. The Labute approximate surface area is 109 Å². The summed E-state index contributed by atoms with van der Waals surface area (Å²) < 4.78 is 22.7. The van der Waals surface area contributed by atoms with Crippen LogP contribution in [0.1, 0.15) is 0 Å². The lowest BCUT2D eigenvalue weighted by molar-refractivity contribution is 0.598. The van der Waals surface area contributed by atoms with Gasteiger partial charge in [-0.15, -0.1) is 0 Å². The number of aromatic nitrogens is 1. The van der Waals surface area contributed by atoms with Crippen molar-refractivity contribution in [3.05, 3.63) is 42.6 Å². The summed E-state index contributed by atoms with van der Waals surface area (Å²) in [6.45, 7) is 0. The molecular formula is C11H11N3O2S2. The summed E-state index contributed by atoms with van der Waals surface area (Å²) in [5.74, 6) is 0. The number of nitrogens with zero attached hydrogens (tertiary/aromatic N) is 1. The lowest BCUT2D eigenvalue weighted by Crippen LogP contribution is -2.14. The molecule has 0 aliphatic rings. The fraction of sp³-hybridized carbons (Fsp3) is 0. The number of nitrogens with two attached hydrogens (primary N) is 2. The molecule has 0 radical (unpaired) electrons. The second-order valence-electron chi connectivity index (χ2n) is 3.48. The monoisotopic (exact) mass is 281 g/mol. The van der Waals surface area contributed by atoms with Crippen LogP contribution in [0.15, 0.2) is 57.4 Å². The molecule has 0 fully saturated rings. The number of rotatable bonds is 3. The molecular weight excluding hydrogens is 270 g/mol. The van der Waals surface area contributed by atoms with Gasteiger partial charge in [0.1, 0.15) is 9.92 Å². The van der Waals surface area contributed by atoms with E-state index in [1.165, 1.54) is 17.8 Å². The Morgan fingerprint density at radius 3 is 2.50 bits per heavy atom. The summed E-state index contributed by atoms with van der Waals surface area (Å²) in [6.07, 6.45) is 1.65. The first-order valence-corrected chi connectivity index (χ1v) is 7.35. The zero-order valence-electron chi connectivity index (χ0n) is 9.28. The van der Waals surface area contributed by atoms with E-state index in [-0.39, 0.29) is 10.6 Å². The maximum Gasteiger partial charge on any atom is 0.240 e. The number of pyridine rings is 1. The standard InChI is InChI=1S/C11H11N3O2S2/c12-11-8(17-10-6-1-2-7-14-10)4-3-5-9(11)18(13,15)16/h1-7H,12H2,(H2,13,15,16). The van der Waals surface area contributed by atoms with E-state index in [4.69, 9.17) is 10.9 Å². The van der Waals surface area contributed by atoms with Crippen LogP contribution in [-0.4, -0.2) is 13.4 Å². The molecule has 0 spiro atoms. The lowest BCUT2D eigenvalue weighted by Gasteiger charge is -2.08. The molecule has 4 N–H and O–H groups in total. The van der Waals surface area contributed by atoms with Crippen LogP contribution >= 0.6 is 11.8 Å². The number of para-hydroxylation sites is 1. The highest BCUT2D eigenvalue weighted by molar-refractivity contribution is 7.99. The molecule has 2 rings (SSSR count). The van der Waals surface area contributed by atoms with E-state index in [2.05, 4.69) is 4.98 Å². The van der Waals surface area contributed by atoms with Gasteiger partial charge in [0.15, 0.2) is 0 Å². The van der Waals surface area contributed by atoms with E-state index in [1.807, 2.05) is 12.1 Å². The summed E-state index contributed by atoms with van der Waals surface area (Å²) >= 11 is 1.29. The zero-order valence-corrected chi connectivity index (χ0v) is 10.9. The van der Waals surface area contributed by atoms with E-state index in [0.717, 1.165) is 5.03 Å². The number of anilines is 1. The minimum atomic E-state index is -3.81. The predicted octanol–water partition coefficient (Wildman–Crippen LogP) is 1.46. The van der Waals surface area contributed by atoms with Gasteiger partial charge in [-0.2, -0.15) is 0 Å². The Balaban J connectivity index is 2.42. The molecule has 0 amide bonds. The fourth-order valence-electron chi connectivity index (χ4n) is 1.38. The van der Waals surface area contributed by atoms with E-state index in [0.29, 0.717) is 4.90 Å². The predicted molar refractivity (Wildman–Crippen MR) is 70.6 cm³/mol. The molecule has 0 atom stereocenters. The first-order chi connectivity index (χ1) is 8.48. The maximum atomic E-state index is 11.3. The largest absolute Gasteiger partial charge is 0.397 e. The molecule has 0 saturated carbocycles. The van der Waals surface area contributed by atoms with Crippen molar-refractivity contribution >= 4 is 27.5 Å². The Morgan fingerprint density at radius 2 is 1.89 bits per heavy atom. The molecule has 0 aliphatic heterocycles. The van der Waals surface area contributed by atoms with E-state index < -0.39 is 10.0 Å². The third-order valence-corrected chi connectivity index (χ3v) is 4.18. The van der Waals surface area contributed by atoms with Gasteiger partial charge in [-0.05, 0) is 24.3 Å². The van der Waals surface area contributed by atoms with Crippen LogP contribution in [0.2, 0.25) is 0 Å². The molecule has 5 nitrogen and oxygen atoms in total. The van der Waals surface area contributed by atoms with Crippen LogP contribution in [0.5, 0.6) is 0 Å². The lowest BCUT2D eigenvalue weighted by atomic mass is 10.3. The molecule has 18 heavy (non-hydrogen) atoms. The highest BCUT2D eigenvalue weighted by Gasteiger charge is 2.15. The van der Waals surface area contributed by atoms with Crippen molar-refractivity contribution < 1.29 is 8.42 Å². The summed E-state index contributed by atoms with van der Waals surface area (Å²) in [5, 5.41) is 5.82. The minimum absolute atomic E-state index is 0.0663. The van der Waals surface area contributed by atoms with Crippen LogP contribution in [0.4, 0.5) is 5.69 Å². The van der Waals surface area contributed by atoms with Gasteiger partial charge >= 0.3 is 0 Å². The molecule has 7 heteroatoms. The number of primary sulfonamides is 1. The van der Waals surface area contributed by atoms with Crippen molar-refractivity contribution in [2.45, 2.75) is 14.8 Å². The summed E-state index contributed by atoms with van der Waals surface area (Å²) in [7, 11) is -3.81. The average molecular weight is 281 g/mol. The van der Waals surface area contributed by atoms with Crippen molar-refractivity contribution in [1.29, 1.82) is 0 Å². The van der Waals surface area contributed by atoms with Crippen molar-refractivity contribution in [3.8, 4) is 0 Å². The second kappa shape index (κ2) is 4.97. The third-order valence-electron chi connectivity index (χ3n) is 2.18. The van der Waals surface area contributed by atoms with E-state index in [1.54, 1.807) is 24.4 Å². The second-order valence-corrected chi connectivity index (χ2v) is 6.08. The Hall–Kier alpha value is -1.57. The normalized spacial score (nSPS) is 11.4. The van der Waals surface area contributed by atoms with Gasteiger partial charge in [0.05, 0.1) is 5.69 Å². The van der Waals surface area contributed by atoms with Crippen LogP contribution in [0.3, 0.4) is 0 Å². The fourth-order valence-corrected chi connectivity index (χ4v) is 2.98. The molecule has 0 saturated heterocycles. The van der Waals surface area contributed by atoms with Gasteiger partial charge in [0.2, 0.25) is 10.0 Å². The van der Waals surface area contributed by atoms with Crippen LogP contribution in [-0.2, 0) is 10.0 Å². The molecule has 0 aliphatic carbocycles. The maximum absolute atomic E-state index is 11.3. The van der Waals surface area contributed by atoms with Crippen LogP contribution < -0.4 is 10.9 Å². The Bertz CT molecular complexity index is 657. The van der Waals surface area contributed by atoms with Crippen molar-refractivity contribution in [2.24, 2.45) is 5.14 Å². The van der Waals surface area contributed by atoms with E-state index in [9.17, 15) is 8.42 Å². The van der Waals surface area contributed by atoms with Crippen molar-refractivity contribution in [1.82, 2.24) is 4.98 Å². The summed E-state index contributed by atoms with van der Waals surface area (Å²) in [4.78, 5) is 4.68. The quantitative estimate of drug-likeness (QED) is 0.830. The molecule has 1 aromatic carbocycles. The molecule has 2 aromatic rings. The summed E-state index contributed by atoms with van der Waals surface area (Å²) in [6, 6.07) is 10.2. The van der Waals surface area contributed by atoms with Crippen LogP contribution in [0, 0.1) is 0 Å². The number of nitrogen functional groups attached to an aromatic ring is 1. The topological polar surface area (TPSA) is 99.1 Å². The highest BCUT2D eigenvalue weighted by atomic mass is 32.2. The number of benzene rings is 1. The van der Waals surface area contributed by atoms with Gasteiger partial charge in [-0.1, -0.05) is 23.9 Å². The summed E-state index contributed by atoms with van der Waals surface area (Å²) in [5.41, 5.74) is 5.96. The van der Waals surface area contributed by atoms with Crippen LogP contribution in [0.25, 0.3) is 0 Å². The smallest absolute Gasteiger partial charge is 0.240 e. The SMILES string of the molecule is Nc1c(Sc2ccccn2)cccc1S(N)(=O)=O. The Kier molecular flexibility index (Phi) is 3.55. The van der Waals surface area contributed by atoms with Gasteiger partial charge in [0.25, 0.3) is 0 Å². The number of hydrogen-bond donors (Lipinski definition) is 2. The molecule has 0 bridgehead atoms. The van der Waals surface area contributed by atoms with Gasteiger partial charge in [0, 0.05) is 11.1 Å². The number of hydrogen-bond acceptors (Lipinski definition) is 5. The van der Waals surface area contributed by atoms with Gasteiger partial charge < -0.3 is 5.73 Å². The van der Waals surface area contributed by atoms with E-state index >= 15 is 0 Å². The first kappa shape index (κ1) is 12.9. The first-order valence-electron chi connectivity index (χ1n) is 4.98. The molecule has 94 valence electrons. The highest BCUT2D eigenvalue weighted by Crippen LogP contribution is 2.33. The van der Waals surface area contributed by atoms with Crippen molar-refractivity contribution in [3.63, 3.8) is 0 Å². The Morgan fingerprint density at radius 1 is 1.11 bits per heavy atom. The minimum Gasteiger partial charge on any atom is -0.397 e. The van der Waals surface area contributed by atoms with Gasteiger partial charge in [-0.3, -0.25) is 0 Å². The van der Waals surface area contributed by atoms with Gasteiger partial charge in [-0.25, -0.2) is 18.5 Å². The molecule has 1 heterocycles. The average Bonchev–Trinajstić information content (AvgIpc) is 2.32. The van der Waals surface area contributed by atoms with Crippen molar-refractivity contribution in [2.75, 3.05) is 5.73 Å². The third kappa shape index (κ3) is 2.81.